The van der Waals surface area contributed by atoms with Gasteiger partial charge in [0, 0.05) is 12.6 Å². The van der Waals surface area contributed by atoms with Gasteiger partial charge in [-0.05, 0) is 19.4 Å². The van der Waals surface area contributed by atoms with Gasteiger partial charge in [0.1, 0.15) is 0 Å². The number of nitrogens with one attached hydrogen (secondary N) is 2. The fourth-order valence-electron chi connectivity index (χ4n) is 1.42. The van der Waals surface area contributed by atoms with Crippen LogP contribution < -0.4 is 10.6 Å². The molecule has 1 fully saturated rings. The molecule has 11 heavy (non-hydrogen) atoms. The Hall–Kier alpha value is -0.520. The van der Waals surface area contributed by atoms with Gasteiger partial charge in [0.15, 0.2) is 0 Å². The predicted octanol–water partition coefficient (Wildman–Crippen LogP) is 0.351. The van der Waals surface area contributed by atoms with E-state index in [1.165, 1.54) is 25.8 Å². The molecular weight excluding hydrogens is 136 g/mol. The minimum absolute atomic E-state index is 0.650. The lowest BCUT2D eigenvalue weighted by atomic mass is 10.1. The summed E-state index contributed by atoms with van der Waals surface area (Å²) in [7, 11) is 0. The SMILES string of the molecule is C#CCNCC1CCCCN1. The molecule has 1 heterocycles. The van der Waals surface area contributed by atoms with Crippen molar-refractivity contribution in [1.29, 1.82) is 0 Å². The first-order valence-electron chi connectivity index (χ1n) is 4.31. The molecule has 0 radical (unpaired) electrons. The van der Waals surface area contributed by atoms with Crippen molar-refractivity contribution in [3.63, 3.8) is 0 Å². The zero-order valence-electron chi connectivity index (χ0n) is 6.90. The molecule has 0 saturated carbocycles. The van der Waals surface area contributed by atoms with Gasteiger partial charge in [-0.25, -0.2) is 0 Å². The van der Waals surface area contributed by atoms with Crippen molar-refractivity contribution in [2.45, 2.75) is 25.3 Å². The number of rotatable bonds is 3. The van der Waals surface area contributed by atoms with Crippen molar-refractivity contribution in [3.8, 4) is 12.3 Å². The van der Waals surface area contributed by atoms with Crippen LogP contribution in [0.15, 0.2) is 0 Å². The van der Waals surface area contributed by atoms with E-state index < -0.39 is 0 Å². The number of hydrogen-bond donors (Lipinski definition) is 2. The quantitative estimate of drug-likeness (QED) is 0.450. The zero-order valence-corrected chi connectivity index (χ0v) is 6.90. The van der Waals surface area contributed by atoms with E-state index in [1.807, 2.05) is 0 Å². The lowest BCUT2D eigenvalue weighted by Crippen LogP contribution is -2.41. The van der Waals surface area contributed by atoms with Gasteiger partial charge in [0.2, 0.25) is 0 Å². The molecule has 0 aromatic heterocycles. The van der Waals surface area contributed by atoms with E-state index in [9.17, 15) is 0 Å². The first-order valence-corrected chi connectivity index (χ1v) is 4.31. The Labute approximate surface area is 68.8 Å². The molecule has 1 atom stereocenters. The van der Waals surface area contributed by atoms with Crippen LogP contribution >= 0.6 is 0 Å². The lowest BCUT2D eigenvalue weighted by Gasteiger charge is -2.23. The summed E-state index contributed by atoms with van der Waals surface area (Å²) >= 11 is 0. The van der Waals surface area contributed by atoms with Crippen LogP contribution in [-0.2, 0) is 0 Å². The molecule has 62 valence electrons. The second-order valence-electron chi connectivity index (χ2n) is 2.98. The largest absolute Gasteiger partial charge is 0.313 e. The van der Waals surface area contributed by atoms with E-state index in [2.05, 4.69) is 16.6 Å². The maximum Gasteiger partial charge on any atom is 0.0574 e. The van der Waals surface area contributed by atoms with Gasteiger partial charge in [-0.2, -0.15) is 0 Å². The van der Waals surface area contributed by atoms with Crippen LogP contribution in [0.3, 0.4) is 0 Å². The van der Waals surface area contributed by atoms with Crippen LogP contribution in [0.2, 0.25) is 0 Å². The van der Waals surface area contributed by atoms with Crippen LogP contribution in [0.25, 0.3) is 0 Å². The maximum atomic E-state index is 5.11. The zero-order chi connectivity index (χ0) is 7.94. The molecule has 0 bridgehead atoms. The van der Waals surface area contributed by atoms with Gasteiger partial charge in [-0.1, -0.05) is 12.3 Å². The minimum atomic E-state index is 0.650. The molecule has 0 aromatic carbocycles. The summed E-state index contributed by atoms with van der Waals surface area (Å²) in [6.07, 6.45) is 9.08. The van der Waals surface area contributed by atoms with Crippen molar-refractivity contribution in [3.05, 3.63) is 0 Å². The Balaban J connectivity index is 2.01. The van der Waals surface area contributed by atoms with Crippen molar-refractivity contribution in [1.82, 2.24) is 10.6 Å². The molecule has 1 unspecified atom stereocenters. The summed E-state index contributed by atoms with van der Waals surface area (Å²) in [6, 6.07) is 0.650. The molecule has 1 aliphatic rings. The number of piperidine rings is 1. The third-order valence-electron chi connectivity index (χ3n) is 2.03. The van der Waals surface area contributed by atoms with Crippen molar-refractivity contribution in [2.75, 3.05) is 19.6 Å². The highest BCUT2D eigenvalue weighted by Gasteiger charge is 2.10. The Morgan fingerprint density at radius 1 is 1.55 bits per heavy atom. The highest BCUT2D eigenvalue weighted by atomic mass is 15.0. The summed E-state index contributed by atoms with van der Waals surface area (Å²) < 4.78 is 0. The summed E-state index contributed by atoms with van der Waals surface area (Å²) in [4.78, 5) is 0. The van der Waals surface area contributed by atoms with Crippen LogP contribution in [0.1, 0.15) is 19.3 Å². The van der Waals surface area contributed by atoms with E-state index in [4.69, 9.17) is 6.42 Å². The first kappa shape index (κ1) is 8.58. The molecule has 2 heteroatoms. The average molecular weight is 152 g/mol. The van der Waals surface area contributed by atoms with Gasteiger partial charge in [-0.15, -0.1) is 6.42 Å². The normalized spacial score (nSPS) is 24.5. The number of hydrogen-bond acceptors (Lipinski definition) is 2. The standard InChI is InChI=1S/C9H16N2/c1-2-6-10-8-9-5-3-4-7-11-9/h1,9-11H,3-8H2. The number of terminal acetylenes is 1. The molecule has 2 nitrogen and oxygen atoms in total. The maximum absolute atomic E-state index is 5.11. The minimum Gasteiger partial charge on any atom is -0.313 e. The van der Waals surface area contributed by atoms with Gasteiger partial charge in [-0.3, -0.25) is 0 Å². The fourth-order valence-corrected chi connectivity index (χ4v) is 1.42. The summed E-state index contributed by atoms with van der Waals surface area (Å²) in [5.74, 6) is 2.57. The highest BCUT2D eigenvalue weighted by molar-refractivity contribution is 4.87. The summed E-state index contributed by atoms with van der Waals surface area (Å²) in [5, 5.41) is 6.65. The molecule has 1 saturated heterocycles. The molecule has 0 aromatic rings. The van der Waals surface area contributed by atoms with Gasteiger partial charge >= 0.3 is 0 Å². The Kier molecular flexibility index (Phi) is 4.03. The summed E-state index contributed by atoms with van der Waals surface area (Å²) in [6.45, 7) is 2.88. The Morgan fingerprint density at radius 2 is 2.45 bits per heavy atom. The molecule has 1 aliphatic heterocycles. The molecule has 0 aliphatic carbocycles. The van der Waals surface area contributed by atoms with E-state index in [0.717, 1.165) is 6.54 Å². The second kappa shape index (κ2) is 5.17. The second-order valence-corrected chi connectivity index (χ2v) is 2.98. The third kappa shape index (κ3) is 3.41. The van der Waals surface area contributed by atoms with E-state index in [0.29, 0.717) is 12.6 Å². The Morgan fingerprint density at radius 3 is 3.09 bits per heavy atom. The predicted molar refractivity (Wildman–Crippen MR) is 47.3 cm³/mol. The molecule has 2 N–H and O–H groups in total. The summed E-state index contributed by atoms with van der Waals surface area (Å²) in [5.41, 5.74) is 0. The average Bonchev–Trinajstić information content (AvgIpc) is 2.07. The lowest BCUT2D eigenvalue weighted by molar-refractivity contribution is 0.389. The molecular formula is C9H16N2. The van der Waals surface area contributed by atoms with Crippen molar-refractivity contribution < 1.29 is 0 Å². The van der Waals surface area contributed by atoms with Gasteiger partial charge in [0.05, 0.1) is 6.54 Å². The fraction of sp³-hybridized carbons (Fsp3) is 0.778. The topological polar surface area (TPSA) is 24.1 Å². The van der Waals surface area contributed by atoms with E-state index >= 15 is 0 Å². The molecule has 1 rings (SSSR count). The Bertz CT molecular complexity index is 131. The van der Waals surface area contributed by atoms with Crippen LogP contribution in [-0.4, -0.2) is 25.7 Å². The molecule has 0 amide bonds. The van der Waals surface area contributed by atoms with Crippen LogP contribution in [0.4, 0.5) is 0 Å². The van der Waals surface area contributed by atoms with Crippen LogP contribution in [0.5, 0.6) is 0 Å². The van der Waals surface area contributed by atoms with Crippen molar-refractivity contribution in [2.24, 2.45) is 0 Å². The van der Waals surface area contributed by atoms with Crippen molar-refractivity contribution >= 4 is 0 Å². The van der Waals surface area contributed by atoms with E-state index in [-0.39, 0.29) is 0 Å². The molecule has 0 spiro atoms. The third-order valence-corrected chi connectivity index (χ3v) is 2.03. The monoisotopic (exact) mass is 152 g/mol. The first-order chi connectivity index (χ1) is 5.43. The smallest absolute Gasteiger partial charge is 0.0574 e. The van der Waals surface area contributed by atoms with Gasteiger partial charge in [0.25, 0.3) is 0 Å². The van der Waals surface area contributed by atoms with Gasteiger partial charge < -0.3 is 10.6 Å². The van der Waals surface area contributed by atoms with E-state index in [1.54, 1.807) is 0 Å². The van der Waals surface area contributed by atoms with Crippen LogP contribution in [0, 0.1) is 12.3 Å². The highest BCUT2D eigenvalue weighted by Crippen LogP contribution is 2.05.